The van der Waals surface area contributed by atoms with Gasteiger partial charge in [-0.15, -0.1) is 6.58 Å². The molecule has 0 bridgehead atoms. The van der Waals surface area contributed by atoms with Crippen molar-refractivity contribution in [2.75, 3.05) is 0 Å². The molecule has 2 atom stereocenters. The first-order valence-corrected chi connectivity index (χ1v) is 11.3. The summed E-state index contributed by atoms with van der Waals surface area (Å²) in [6.07, 6.45) is 8.33. The molecule has 0 saturated heterocycles. The molecule has 1 aliphatic heterocycles. The number of para-hydroxylation sites is 2. The van der Waals surface area contributed by atoms with Crippen molar-refractivity contribution in [2.24, 2.45) is 0 Å². The second-order valence-electron chi connectivity index (χ2n) is 9.05. The molecule has 3 aromatic rings. The molecule has 1 aliphatic carbocycles. The Hall–Kier alpha value is -2.52. The Morgan fingerprint density at radius 2 is 1.83 bits per heavy atom. The lowest BCUT2D eigenvalue weighted by molar-refractivity contribution is -0.0634. The molecule has 2 unspecified atom stereocenters. The van der Waals surface area contributed by atoms with Crippen LogP contribution in [0, 0.1) is 0 Å². The number of fused-ring (bicyclic) bond motifs is 5. The third-order valence-electron chi connectivity index (χ3n) is 7.16. The second kappa shape index (κ2) is 7.63. The average Bonchev–Trinajstić information content (AvgIpc) is 3.08. The van der Waals surface area contributed by atoms with E-state index in [4.69, 9.17) is 4.74 Å². The molecule has 1 fully saturated rings. The number of aromatic nitrogens is 1. The fourth-order valence-electron chi connectivity index (χ4n) is 5.54. The first-order chi connectivity index (χ1) is 14.6. The minimum Gasteiger partial charge on any atom is -0.487 e. The van der Waals surface area contributed by atoms with Gasteiger partial charge in [0, 0.05) is 16.5 Å². The van der Waals surface area contributed by atoms with Crippen LogP contribution in [-0.2, 0) is 6.54 Å². The molecule has 2 aromatic carbocycles. The van der Waals surface area contributed by atoms with Gasteiger partial charge in [-0.1, -0.05) is 55.7 Å². The fraction of sp³-hybridized carbons (Fsp3) is 0.407. The maximum Gasteiger partial charge on any atom is 0.129 e. The minimum absolute atomic E-state index is 0.343. The highest BCUT2D eigenvalue weighted by molar-refractivity contribution is 5.93. The van der Waals surface area contributed by atoms with Gasteiger partial charge in [0.1, 0.15) is 17.5 Å². The van der Waals surface area contributed by atoms with E-state index < -0.39 is 5.60 Å². The summed E-state index contributed by atoms with van der Waals surface area (Å²) in [6, 6.07) is 17.0. The molecule has 1 saturated carbocycles. The van der Waals surface area contributed by atoms with E-state index in [2.05, 4.69) is 47.5 Å². The van der Waals surface area contributed by atoms with Gasteiger partial charge in [-0.25, -0.2) is 0 Å². The predicted octanol–water partition coefficient (Wildman–Crippen LogP) is 6.44. The molecule has 1 aromatic heterocycles. The Morgan fingerprint density at radius 1 is 1.10 bits per heavy atom. The highest BCUT2D eigenvalue weighted by Gasteiger charge is 2.39. The number of rotatable bonds is 3. The van der Waals surface area contributed by atoms with Crippen molar-refractivity contribution in [3.8, 4) is 17.0 Å². The zero-order chi connectivity index (χ0) is 20.7. The van der Waals surface area contributed by atoms with Crippen LogP contribution < -0.4 is 4.74 Å². The van der Waals surface area contributed by atoms with E-state index in [0.717, 1.165) is 11.3 Å². The van der Waals surface area contributed by atoms with Gasteiger partial charge in [-0.3, -0.25) is 0 Å². The monoisotopic (exact) mass is 401 g/mol. The Bertz CT molecular complexity index is 1080. The summed E-state index contributed by atoms with van der Waals surface area (Å²) in [5.74, 6) is 1.41. The number of benzene rings is 2. The van der Waals surface area contributed by atoms with E-state index in [1.807, 2.05) is 19.1 Å². The van der Waals surface area contributed by atoms with Crippen LogP contribution in [0.5, 0.6) is 5.75 Å². The highest BCUT2D eigenvalue weighted by atomic mass is 16.5. The Morgan fingerprint density at radius 3 is 2.63 bits per heavy atom. The topological polar surface area (TPSA) is 34.4 Å². The van der Waals surface area contributed by atoms with Gasteiger partial charge in [0.15, 0.2) is 0 Å². The zero-order valence-electron chi connectivity index (χ0n) is 17.8. The molecule has 30 heavy (non-hydrogen) atoms. The maximum atomic E-state index is 11.7. The lowest BCUT2D eigenvalue weighted by atomic mass is 9.81. The number of hydrogen-bond donors (Lipinski definition) is 1. The van der Waals surface area contributed by atoms with Gasteiger partial charge >= 0.3 is 0 Å². The van der Waals surface area contributed by atoms with Crippen molar-refractivity contribution in [1.29, 1.82) is 0 Å². The molecule has 0 amide bonds. The first-order valence-electron chi connectivity index (χ1n) is 11.3. The van der Waals surface area contributed by atoms with Crippen molar-refractivity contribution in [3.63, 3.8) is 0 Å². The van der Waals surface area contributed by atoms with Crippen molar-refractivity contribution >= 4 is 10.9 Å². The lowest BCUT2D eigenvalue weighted by Crippen LogP contribution is -2.48. The molecule has 3 heteroatoms. The maximum absolute atomic E-state index is 11.7. The van der Waals surface area contributed by atoms with Crippen LogP contribution in [0.3, 0.4) is 0 Å². The van der Waals surface area contributed by atoms with E-state index in [1.54, 1.807) is 6.08 Å². The molecule has 0 spiro atoms. The van der Waals surface area contributed by atoms with Crippen LogP contribution in [-0.4, -0.2) is 21.4 Å². The van der Waals surface area contributed by atoms with Crippen LogP contribution in [0.4, 0.5) is 0 Å². The SMILES string of the molecule is C=CCC1(O)Cn2c(c(C3CCCCC3)c3ccccc32)-c2ccccc2OC1C. The van der Waals surface area contributed by atoms with Gasteiger partial charge in [-0.2, -0.15) is 0 Å². The second-order valence-corrected chi connectivity index (χ2v) is 9.05. The molecule has 5 rings (SSSR count). The van der Waals surface area contributed by atoms with E-state index in [-0.39, 0.29) is 6.10 Å². The molecule has 0 radical (unpaired) electrons. The van der Waals surface area contributed by atoms with Gasteiger partial charge in [0.05, 0.1) is 12.2 Å². The van der Waals surface area contributed by atoms with E-state index in [0.29, 0.717) is 18.9 Å². The summed E-state index contributed by atoms with van der Waals surface area (Å²) in [5.41, 5.74) is 4.00. The standard InChI is InChI=1S/C27H31NO2/c1-3-17-27(29)18-28-23-15-9-7-13-21(23)25(20-11-5-4-6-12-20)26(28)22-14-8-10-16-24(22)30-19(27)2/h3,7-10,13-16,19-20,29H,1,4-6,11-12,17-18H2,2H3. The van der Waals surface area contributed by atoms with Gasteiger partial charge < -0.3 is 14.4 Å². The normalized spacial score (nSPS) is 24.4. The summed E-state index contributed by atoms with van der Waals surface area (Å²) >= 11 is 0. The summed E-state index contributed by atoms with van der Waals surface area (Å²) in [7, 11) is 0. The molecular weight excluding hydrogens is 370 g/mol. The van der Waals surface area contributed by atoms with Crippen molar-refractivity contribution in [2.45, 2.75) is 69.6 Å². The smallest absolute Gasteiger partial charge is 0.129 e. The van der Waals surface area contributed by atoms with Crippen LogP contribution in [0.2, 0.25) is 0 Å². The van der Waals surface area contributed by atoms with Crippen molar-refractivity contribution < 1.29 is 9.84 Å². The first kappa shape index (κ1) is 19.4. The number of hydrogen-bond acceptors (Lipinski definition) is 2. The largest absolute Gasteiger partial charge is 0.487 e. The molecule has 2 heterocycles. The number of ether oxygens (including phenoxy) is 1. The van der Waals surface area contributed by atoms with Gasteiger partial charge in [0.25, 0.3) is 0 Å². The quantitative estimate of drug-likeness (QED) is 0.512. The third kappa shape index (κ3) is 3.07. The van der Waals surface area contributed by atoms with Crippen LogP contribution in [0.25, 0.3) is 22.2 Å². The van der Waals surface area contributed by atoms with Crippen molar-refractivity contribution in [3.05, 3.63) is 66.7 Å². The molecule has 1 N–H and O–H groups in total. The predicted molar refractivity (Wildman–Crippen MR) is 123 cm³/mol. The Balaban J connectivity index is 1.83. The molecular formula is C27H31NO2. The molecule has 156 valence electrons. The summed E-state index contributed by atoms with van der Waals surface area (Å²) in [6.45, 7) is 6.37. The van der Waals surface area contributed by atoms with E-state index in [9.17, 15) is 5.11 Å². The molecule has 3 nitrogen and oxygen atoms in total. The van der Waals surface area contributed by atoms with E-state index in [1.165, 1.54) is 54.3 Å². The summed E-state index contributed by atoms with van der Waals surface area (Å²) in [5, 5.41) is 13.0. The number of nitrogens with zero attached hydrogens (tertiary/aromatic N) is 1. The van der Waals surface area contributed by atoms with Gasteiger partial charge in [0.2, 0.25) is 0 Å². The fourth-order valence-corrected chi connectivity index (χ4v) is 5.54. The van der Waals surface area contributed by atoms with Crippen LogP contribution in [0.15, 0.2) is 61.2 Å². The van der Waals surface area contributed by atoms with E-state index >= 15 is 0 Å². The van der Waals surface area contributed by atoms with Gasteiger partial charge in [-0.05, 0) is 55.9 Å². The molecule has 2 aliphatic rings. The Kier molecular flexibility index (Phi) is 4.94. The average molecular weight is 402 g/mol. The summed E-state index contributed by atoms with van der Waals surface area (Å²) in [4.78, 5) is 0. The summed E-state index contributed by atoms with van der Waals surface area (Å²) < 4.78 is 8.75. The van der Waals surface area contributed by atoms with Crippen LogP contribution in [0.1, 0.15) is 56.9 Å². The Labute approximate surface area is 179 Å². The minimum atomic E-state index is -1.02. The third-order valence-corrected chi connectivity index (χ3v) is 7.16. The zero-order valence-corrected chi connectivity index (χ0v) is 17.8. The van der Waals surface area contributed by atoms with Crippen LogP contribution >= 0.6 is 0 Å². The number of aliphatic hydroxyl groups is 1. The lowest BCUT2D eigenvalue weighted by Gasteiger charge is -2.37. The van der Waals surface area contributed by atoms with Crippen molar-refractivity contribution in [1.82, 2.24) is 4.57 Å². The highest BCUT2D eigenvalue weighted by Crippen LogP contribution is 2.48.